The van der Waals surface area contributed by atoms with E-state index in [1.54, 1.807) is 0 Å². The minimum absolute atomic E-state index is 0.0655. The summed E-state index contributed by atoms with van der Waals surface area (Å²) in [7, 11) is 0. The molecule has 1 amide bonds. The predicted molar refractivity (Wildman–Crippen MR) is 107 cm³/mol. The van der Waals surface area contributed by atoms with Crippen molar-refractivity contribution in [3.8, 4) is 0 Å². The second kappa shape index (κ2) is 8.55. The molecule has 0 radical (unpaired) electrons. The molecule has 2 aromatic rings. The zero-order valence-electron chi connectivity index (χ0n) is 15.6. The molecule has 0 bridgehead atoms. The van der Waals surface area contributed by atoms with E-state index >= 15 is 0 Å². The number of rotatable bonds is 6. The number of morpholine rings is 1. The molecule has 0 aliphatic carbocycles. The summed E-state index contributed by atoms with van der Waals surface area (Å²) in [5, 5.41) is 6.31. The lowest BCUT2D eigenvalue weighted by Gasteiger charge is -2.23. The van der Waals surface area contributed by atoms with Crippen LogP contribution in [0.1, 0.15) is 23.1 Å². The number of nitrogens with zero attached hydrogens (tertiary/aromatic N) is 1. The Bertz CT molecular complexity index is 769. The molecule has 2 N–H and O–H groups in total. The second-order valence-corrected chi connectivity index (χ2v) is 7.32. The summed E-state index contributed by atoms with van der Waals surface area (Å²) in [4.78, 5) is 14.5. The highest BCUT2D eigenvalue weighted by molar-refractivity contribution is 5.76. The molecule has 0 aromatic heterocycles. The van der Waals surface area contributed by atoms with Gasteiger partial charge in [0.15, 0.2) is 0 Å². The molecule has 5 nitrogen and oxygen atoms in total. The van der Waals surface area contributed by atoms with E-state index in [1.165, 1.54) is 16.8 Å². The first kappa shape index (κ1) is 18.0. The van der Waals surface area contributed by atoms with Gasteiger partial charge in [-0.3, -0.25) is 4.79 Å². The van der Waals surface area contributed by atoms with Crippen LogP contribution in [0.2, 0.25) is 0 Å². The number of hydrogen-bond donors (Lipinski definition) is 2. The Morgan fingerprint density at radius 1 is 1.15 bits per heavy atom. The molecule has 2 aliphatic rings. The number of anilines is 1. The van der Waals surface area contributed by atoms with Crippen molar-refractivity contribution in [2.24, 2.45) is 0 Å². The summed E-state index contributed by atoms with van der Waals surface area (Å²) in [6, 6.07) is 17.3. The van der Waals surface area contributed by atoms with Gasteiger partial charge < -0.3 is 20.3 Å². The highest BCUT2D eigenvalue weighted by Gasteiger charge is 2.18. The van der Waals surface area contributed by atoms with Crippen molar-refractivity contribution in [3.63, 3.8) is 0 Å². The maximum absolute atomic E-state index is 12.1. The first-order valence-corrected chi connectivity index (χ1v) is 9.76. The average Bonchev–Trinajstić information content (AvgIpc) is 3.11. The number of ether oxygens (including phenoxy) is 1. The number of carbonyl (C=O) groups excluding carboxylic acids is 1. The molecular weight excluding hydrogens is 338 g/mol. The van der Waals surface area contributed by atoms with E-state index < -0.39 is 0 Å². The Morgan fingerprint density at radius 2 is 1.96 bits per heavy atom. The number of nitrogens with one attached hydrogen (secondary N) is 2. The van der Waals surface area contributed by atoms with Crippen molar-refractivity contribution < 1.29 is 9.53 Å². The van der Waals surface area contributed by atoms with Crippen LogP contribution in [-0.4, -0.2) is 38.3 Å². The smallest absolute Gasteiger partial charge is 0.221 e. The van der Waals surface area contributed by atoms with E-state index in [9.17, 15) is 4.79 Å². The van der Waals surface area contributed by atoms with Crippen LogP contribution in [-0.2, 0) is 29.0 Å². The fraction of sp³-hybridized carbons (Fsp3) is 0.409. The average molecular weight is 365 g/mol. The van der Waals surface area contributed by atoms with Crippen LogP contribution in [0.25, 0.3) is 0 Å². The van der Waals surface area contributed by atoms with E-state index in [0.29, 0.717) is 19.6 Å². The SMILES string of the molecule is O=C(CC1COCCN1)NCc1ccc(CN2CCc3ccccc32)cc1. The maximum Gasteiger partial charge on any atom is 0.221 e. The van der Waals surface area contributed by atoms with Gasteiger partial charge in [0.25, 0.3) is 0 Å². The van der Waals surface area contributed by atoms with Crippen molar-refractivity contribution in [1.82, 2.24) is 10.6 Å². The number of benzene rings is 2. The Kier molecular flexibility index (Phi) is 5.70. The molecule has 27 heavy (non-hydrogen) atoms. The third-order valence-electron chi connectivity index (χ3n) is 5.30. The number of para-hydroxylation sites is 1. The molecule has 1 unspecified atom stereocenters. The molecule has 0 spiro atoms. The highest BCUT2D eigenvalue weighted by atomic mass is 16.5. The van der Waals surface area contributed by atoms with Crippen molar-refractivity contribution >= 4 is 11.6 Å². The van der Waals surface area contributed by atoms with Crippen LogP contribution in [0.15, 0.2) is 48.5 Å². The Balaban J connectivity index is 1.26. The van der Waals surface area contributed by atoms with Crippen molar-refractivity contribution in [1.29, 1.82) is 0 Å². The van der Waals surface area contributed by atoms with Gasteiger partial charge in [-0.1, -0.05) is 42.5 Å². The van der Waals surface area contributed by atoms with Crippen LogP contribution in [0.5, 0.6) is 0 Å². The Labute approximate surface area is 160 Å². The Hall–Kier alpha value is -2.37. The van der Waals surface area contributed by atoms with Crippen LogP contribution < -0.4 is 15.5 Å². The van der Waals surface area contributed by atoms with Gasteiger partial charge in [-0.05, 0) is 29.2 Å². The topological polar surface area (TPSA) is 53.6 Å². The molecule has 142 valence electrons. The van der Waals surface area contributed by atoms with Crippen LogP contribution >= 0.6 is 0 Å². The van der Waals surface area contributed by atoms with Gasteiger partial charge in [0.2, 0.25) is 5.91 Å². The molecule has 1 saturated heterocycles. The van der Waals surface area contributed by atoms with Crippen LogP contribution in [0.3, 0.4) is 0 Å². The molecule has 1 atom stereocenters. The van der Waals surface area contributed by atoms with Gasteiger partial charge in [-0.15, -0.1) is 0 Å². The maximum atomic E-state index is 12.1. The van der Waals surface area contributed by atoms with Gasteiger partial charge in [-0.2, -0.15) is 0 Å². The Morgan fingerprint density at radius 3 is 2.78 bits per heavy atom. The first-order valence-electron chi connectivity index (χ1n) is 9.76. The predicted octanol–water partition coefficient (Wildman–Crippen LogP) is 2.24. The second-order valence-electron chi connectivity index (χ2n) is 7.32. The molecule has 2 heterocycles. The third kappa shape index (κ3) is 4.67. The normalized spacial score (nSPS) is 19.0. The van der Waals surface area contributed by atoms with Gasteiger partial charge in [0, 0.05) is 44.3 Å². The summed E-state index contributed by atoms with van der Waals surface area (Å²) >= 11 is 0. The van der Waals surface area contributed by atoms with E-state index in [1.807, 2.05) is 0 Å². The van der Waals surface area contributed by atoms with E-state index in [2.05, 4.69) is 64.1 Å². The minimum Gasteiger partial charge on any atom is -0.378 e. The van der Waals surface area contributed by atoms with Gasteiger partial charge in [-0.25, -0.2) is 0 Å². The van der Waals surface area contributed by atoms with Gasteiger partial charge in [0.1, 0.15) is 0 Å². The van der Waals surface area contributed by atoms with Gasteiger partial charge >= 0.3 is 0 Å². The largest absolute Gasteiger partial charge is 0.378 e. The molecule has 2 aromatic carbocycles. The lowest BCUT2D eigenvalue weighted by atomic mass is 10.1. The van der Waals surface area contributed by atoms with E-state index in [-0.39, 0.29) is 11.9 Å². The summed E-state index contributed by atoms with van der Waals surface area (Å²) in [6.07, 6.45) is 1.59. The molecule has 5 heteroatoms. The van der Waals surface area contributed by atoms with Crippen molar-refractivity contribution in [3.05, 3.63) is 65.2 Å². The fourth-order valence-corrected chi connectivity index (χ4v) is 3.80. The van der Waals surface area contributed by atoms with E-state index in [0.717, 1.165) is 38.2 Å². The minimum atomic E-state index is 0.0655. The quantitative estimate of drug-likeness (QED) is 0.824. The number of hydrogen-bond acceptors (Lipinski definition) is 4. The van der Waals surface area contributed by atoms with E-state index in [4.69, 9.17) is 4.74 Å². The standard InChI is InChI=1S/C22H27N3O2/c26-22(13-20-16-27-12-10-23-20)24-14-17-5-7-18(8-6-17)15-25-11-9-19-3-1-2-4-21(19)25/h1-8,20,23H,9-16H2,(H,24,26). The zero-order valence-corrected chi connectivity index (χ0v) is 15.6. The van der Waals surface area contributed by atoms with Crippen LogP contribution in [0.4, 0.5) is 5.69 Å². The summed E-state index contributed by atoms with van der Waals surface area (Å²) in [5.74, 6) is 0.0655. The monoisotopic (exact) mass is 365 g/mol. The lowest BCUT2D eigenvalue weighted by molar-refractivity contribution is -0.122. The summed E-state index contributed by atoms with van der Waals surface area (Å²) in [6.45, 7) is 4.74. The highest BCUT2D eigenvalue weighted by Crippen LogP contribution is 2.28. The fourth-order valence-electron chi connectivity index (χ4n) is 3.80. The molecule has 4 rings (SSSR count). The first-order chi connectivity index (χ1) is 13.3. The number of fused-ring (bicyclic) bond motifs is 1. The number of amides is 1. The number of carbonyl (C=O) groups is 1. The molecule has 2 aliphatic heterocycles. The van der Waals surface area contributed by atoms with Gasteiger partial charge in [0.05, 0.1) is 13.2 Å². The third-order valence-corrected chi connectivity index (χ3v) is 5.30. The lowest BCUT2D eigenvalue weighted by Crippen LogP contribution is -2.44. The zero-order chi connectivity index (χ0) is 18.5. The molecule has 1 fully saturated rings. The summed E-state index contributed by atoms with van der Waals surface area (Å²) < 4.78 is 5.39. The van der Waals surface area contributed by atoms with Crippen molar-refractivity contribution in [2.75, 3.05) is 31.2 Å². The molecule has 0 saturated carbocycles. The molecular formula is C22H27N3O2. The van der Waals surface area contributed by atoms with Crippen LogP contribution in [0, 0.1) is 0 Å². The van der Waals surface area contributed by atoms with Crippen molar-refractivity contribution in [2.45, 2.75) is 32.0 Å². The summed E-state index contributed by atoms with van der Waals surface area (Å²) in [5.41, 5.74) is 5.22.